The van der Waals surface area contributed by atoms with Crippen molar-refractivity contribution in [1.29, 1.82) is 0 Å². The van der Waals surface area contributed by atoms with Gasteiger partial charge in [-0.15, -0.1) is 10.2 Å². The topological polar surface area (TPSA) is 95.1 Å². The number of aromatic nitrogens is 4. The second-order valence-electron chi connectivity index (χ2n) is 5.34. The average molecular weight is 373 g/mol. The lowest BCUT2D eigenvalue weighted by molar-refractivity contribution is -0.118. The number of hydrogen-bond donors (Lipinski definition) is 1. The molecule has 0 fully saturated rings. The molecule has 0 saturated heterocycles. The molecule has 26 heavy (non-hydrogen) atoms. The van der Waals surface area contributed by atoms with Crippen LogP contribution in [-0.2, 0) is 16.1 Å². The predicted molar refractivity (Wildman–Crippen MR) is 96.7 cm³/mol. The third kappa shape index (κ3) is 4.70. The Kier molecular flexibility index (Phi) is 6.39. The number of nitrogens with zero attached hydrogens (tertiary/aromatic N) is 4. The Bertz CT molecular complexity index is 820. The Balaban J connectivity index is 1.76. The van der Waals surface area contributed by atoms with E-state index in [0.717, 1.165) is 11.3 Å². The number of nitrogens with one attached hydrogen (secondary N) is 1. The SMILES string of the molecule is COCCNC(=O)CSc1nnc(-c2cccnc2)n1Cc1ccco1. The lowest BCUT2D eigenvalue weighted by Gasteiger charge is -2.09. The largest absolute Gasteiger partial charge is 0.467 e. The lowest BCUT2D eigenvalue weighted by Crippen LogP contribution is -2.28. The van der Waals surface area contributed by atoms with Crippen molar-refractivity contribution in [2.75, 3.05) is 26.0 Å². The fourth-order valence-electron chi connectivity index (χ4n) is 2.28. The Labute approximate surface area is 155 Å². The van der Waals surface area contributed by atoms with Gasteiger partial charge in [0.2, 0.25) is 5.91 Å². The maximum atomic E-state index is 11.9. The highest BCUT2D eigenvalue weighted by Gasteiger charge is 2.17. The molecular formula is C17H19N5O3S. The van der Waals surface area contributed by atoms with E-state index in [4.69, 9.17) is 9.15 Å². The van der Waals surface area contributed by atoms with Gasteiger partial charge in [0.25, 0.3) is 0 Å². The summed E-state index contributed by atoms with van der Waals surface area (Å²) >= 11 is 1.32. The van der Waals surface area contributed by atoms with Crippen molar-refractivity contribution >= 4 is 17.7 Å². The van der Waals surface area contributed by atoms with Crippen LogP contribution in [0.15, 0.2) is 52.5 Å². The van der Waals surface area contributed by atoms with Crippen LogP contribution in [0.5, 0.6) is 0 Å². The van der Waals surface area contributed by atoms with Crippen LogP contribution >= 0.6 is 11.8 Å². The maximum Gasteiger partial charge on any atom is 0.230 e. The number of amides is 1. The molecule has 9 heteroatoms. The quantitative estimate of drug-likeness (QED) is 0.452. The zero-order valence-electron chi connectivity index (χ0n) is 14.3. The Morgan fingerprint density at radius 2 is 2.27 bits per heavy atom. The molecule has 3 heterocycles. The lowest BCUT2D eigenvalue weighted by atomic mass is 10.2. The minimum atomic E-state index is -0.0810. The van der Waals surface area contributed by atoms with E-state index < -0.39 is 0 Å². The van der Waals surface area contributed by atoms with Crippen LogP contribution in [0.4, 0.5) is 0 Å². The maximum absolute atomic E-state index is 11.9. The minimum absolute atomic E-state index is 0.0810. The number of carbonyl (C=O) groups is 1. The molecule has 0 spiro atoms. The number of hydrogen-bond acceptors (Lipinski definition) is 7. The Hall–Kier alpha value is -2.65. The number of methoxy groups -OCH3 is 1. The number of carbonyl (C=O) groups excluding carboxylic acids is 1. The summed E-state index contributed by atoms with van der Waals surface area (Å²) < 4.78 is 12.3. The third-order valence-electron chi connectivity index (χ3n) is 3.49. The van der Waals surface area contributed by atoms with Crippen molar-refractivity contribution < 1.29 is 13.9 Å². The van der Waals surface area contributed by atoms with Crippen LogP contribution in [0.25, 0.3) is 11.4 Å². The molecule has 1 N–H and O–H groups in total. The summed E-state index contributed by atoms with van der Waals surface area (Å²) in [4.78, 5) is 16.1. The van der Waals surface area contributed by atoms with E-state index in [2.05, 4.69) is 20.5 Å². The molecule has 0 bridgehead atoms. The third-order valence-corrected chi connectivity index (χ3v) is 4.46. The molecule has 0 radical (unpaired) electrons. The van der Waals surface area contributed by atoms with Crippen molar-refractivity contribution in [2.45, 2.75) is 11.7 Å². The summed E-state index contributed by atoms with van der Waals surface area (Å²) in [5, 5.41) is 11.9. The minimum Gasteiger partial charge on any atom is -0.467 e. The van der Waals surface area contributed by atoms with Crippen LogP contribution in [0.3, 0.4) is 0 Å². The Morgan fingerprint density at radius 1 is 1.35 bits per heavy atom. The summed E-state index contributed by atoms with van der Waals surface area (Å²) in [5.41, 5.74) is 0.850. The summed E-state index contributed by atoms with van der Waals surface area (Å²) in [7, 11) is 1.60. The molecule has 3 aromatic rings. The summed E-state index contributed by atoms with van der Waals surface area (Å²) in [6, 6.07) is 7.48. The predicted octanol–water partition coefficient (Wildman–Crippen LogP) is 1.84. The molecule has 0 aliphatic heterocycles. The van der Waals surface area contributed by atoms with E-state index >= 15 is 0 Å². The zero-order chi connectivity index (χ0) is 18.2. The summed E-state index contributed by atoms with van der Waals surface area (Å²) in [6.45, 7) is 1.43. The first kappa shape index (κ1) is 18.2. The number of pyridine rings is 1. The Morgan fingerprint density at radius 3 is 3.00 bits per heavy atom. The van der Waals surface area contributed by atoms with E-state index in [1.807, 2.05) is 28.8 Å². The smallest absolute Gasteiger partial charge is 0.230 e. The van der Waals surface area contributed by atoms with Crippen molar-refractivity contribution in [2.24, 2.45) is 0 Å². The monoisotopic (exact) mass is 373 g/mol. The second kappa shape index (κ2) is 9.16. The average Bonchev–Trinajstić information content (AvgIpc) is 3.31. The molecule has 0 aromatic carbocycles. The molecule has 3 aromatic heterocycles. The van der Waals surface area contributed by atoms with Gasteiger partial charge in [0.15, 0.2) is 11.0 Å². The number of furan rings is 1. The van der Waals surface area contributed by atoms with Crippen LogP contribution in [0, 0.1) is 0 Å². The highest BCUT2D eigenvalue weighted by molar-refractivity contribution is 7.99. The van der Waals surface area contributed by atoms with Gasteiger partial charge in [-0.05, 0) is 24.3 Å². The molecule has 1 amide bonds. The highest BCUT2D eigenvalue weighted by atomic mass is 32.2. The first-order valence-electron chi connectivity index (χ1n) is 8.02. The normalized spacial score (nSPS) is 10.8. The van der Waals surface area contributed by atoms with Gasteiger partial charge in [0, 0.05) is 31.6 Å². The van der Waals surface area contributed by atoms with Crippen LogP contribution in [-0.4, -0.2) is 51.7 Å². The molecule has 3 rings (SSSR count). The van der Waals surface area contributed by atoms with E-state index in [0.29, 0.717) is 30.7 Å². The molecule has 0 atom stereocenters. The molecule has 0 aliphatic rings. The molecule has 0 saturated carbocycles. The highest BCUT2D eigenvalue weighted by Crippen LogP contribution is 2.24. The van der Waals surface area contributed by atoms with Gasteiger partial charge < -0.3 is 14.5 Å². The van der Waals surface area contributed by atoms with Crippen LogP contribution in [0.1, 0.15) is 5.76 Å². The zero-order valence-corrected chi connectivity index (χ0v) is 15.1. The second-order valence-corrected chi connectivity index (χ2v) is 6.29. The van der Waals surface area contributed by atoms with E-state index in [9.17, 15) is 4.79 Å². The van der Waals surface area contributed by atoms with E-state index in [-0.39, 0.29) is 11.7 Å². The summed E-state index contributed by atoms with van der Waals surface area (Å²) in [6.07, 6.45) is 5.06. The number of ether oxygens (including phenoxy) is 1. The van der Waals surface area contributed by atoms with Crippen molar-refractivity contribution in [3.63, 3.8) is 0 Å². The molecule has 0 aliphatic carbocycles. The fourth-order valence-corrected chi connectivity index (χ4v) is 3.05. The molecule has 136 valence electrons. The number of rotatable bonds is 9. The van der Waals surface area contributed by atoms with E-state index in [1.165, 1.54) is 11.8 Å². The van der Waals surface area contributed by atoms with Gasteiger partial charge >= 0.3 is 0 Å². The molecule has 0 unspecified atom stereocenters. The van der Waals surface area contributed by atoms with Crippen molar-refractivity contribution in [3.05, 3.63) is 48.7 Å². The fraction of sp³-hybridized carbons (Fsp3) is 0.294. The van der Waals surface area contributed by atoms with Gasteiger partial charge in [-0.1, -0.05) is 11.8 Å². The van der Waals surface area contributed by atoms with Gasteiger partial charge in [-0.2, -0.15) is 0 Å². The van der Waals surface area contributed by atoms with E-state index in [1.54, 1.807) is 25.8 Å². The number of thioether (sulfide) groups is 1. The van der Waals surface area contributed by atoms with Gasteiger partial charge in [-0.3, -0.25) is 14.3 Å². The van der Waals surface area contributed by atoms with Gasteiger partial charge in [0.05, 0.1) is 25.2 Å². The van der Waals surface area contributed by atoms with Crippen LogP contribution in [0.2, 0.25) is 0 Å². The molecule has 8 nitrogen and oxygen atoms in total. The van der Waals surface area contributed by atoms with Crippen molar-refractivity contribution in [1.82, 2.24) is 25.1 Å². The van der Waals surface area contributed by atoms with Gasteiger partial charge in [0.1, 0.15) is 5.76 Å². The summed E-state index contributed by atoms with van der Waals surface area (Å²) in [5.74, 6) is 1.62. The van der Waals surface area contributed by atoms with Gasteiger partial charge in [-0.25, -0.2) is 0 Å². The first-order valence-corrected chi connectivity index (χ1v) is 9.01. The first-order chi connectivity index (χ1) is 12.8. The molecular weight excluding hydrogens is 354 g/mol. The van der Waals surface area contributed by atoms with Crippen molar-refractivity contribution in [3.8, 4) is 11.4 Å². The standard InChI is InChI=1S/C17H19N5O3S/c1-24-9-7-19-15(23)12-26-17-21-20-16(13-4-2-6-18-10-13)22(17)11-14-5-3-8-25-14/h2-6,8,10H,7,9,11-12H2,1H3,(H,19,23). The van der Waals surface area contributed by atoms with Crippen LogP contribution < -0.4 is 5.32 Å².